The third-order valence-corrected chi connectivity index (χ3v) is 5.29. The van der Waals surface area contributed by atoms with Crippen LogP contribution in [-0.2, 0) is 9.59 Å². The molecule has 28 heavy (non-hydrogen) atoms. The lowest BCUT2D eigenvalue weighted by Crippen LogP contribution is -2.51. The molecular weight excluding hydrogens is 358 g/mol. The highest BCUT2D eigenvalue weighted by Crippen LogP contribution is 2.26. The zero-order chi connectivity index (χ0) is 19.5. The largest absolute Gasteiger partial charge is 0.480 e. The number of piperazine rings is 1. The standard InChI is InChI=1S/C20H23N5O3/c1-28-18-8-7-17(21-22-18)23-9-11-24(12-10-23)20(27)15-13-19(26)25(14-15)16-5-3-2-4-6-16/h2-8,15H,9-14H2,1H3. The molecule has 0 bridgehead atoms. The molecule has 2 aromatic rings. The number of benzene rings is 1. The van der Waals surface area contributed by atoms with Crippen LogP contribution in [0.25, 0.3) is 0 Å². The number of nitrogens with zero attached hydrogens (tertiary/aromatic N) is 5. The number of methoxy groups -OCH3 is 1. The molecule has 0 spiro atoms. The molecule has 2 fully saturated rings. The van der Waals surface area contributed by atoms with Gasteiger partial charge < -0.3 is 19.4 Å². The lowest BCUT2D eigenvalue weighted by molar-refractivity contribution is -0.136. The monoisotopic (exact) mass is 381 g/mol. The minimum absolute atomic E-state index is 0.0108. The molecule has 0 radical (unpaired) electrons. The Balaban J connectivity index is 1.34. The summed E-state index contributed by atoms with van der Waals surface area (Å²) in [6, 6.07) is 13.2. The molecule has 2 aliphatic rings. The molecule has 0 aliphatic carbocycles. The summed E-state index contributed by atoms with van der Waals surface area (Å²) in [5, 5.41) is 8.17. The predicted molar refractivity (Wildman–Crippen MR) is 104 cm³/mol. The quantitative estimate of drug-likeness (QED) is 0.792. The Kier molecular flexibility index (Phi) is 5.10. The van der Waals surface area contributed by atoms with Crippen LogP contribution >= 0.6 is 0 Å². The molecule has 4 rings (SSSR count). The van der Waals surface area contributed by atoms with Crippen LogP contribution in [0.1, 0.15) is 6.42 Å². The molecule has 2 saturated heterocycles. The van der Waals surface area contributed by atoms with Gasteiger partial charge in [-0.15, -0.1) is 10.2 Å². The minimum atomic E-state index is -0.278. The molecule has 1 aromatic carbocycles. The van der Waals surface area contributed by atoms with Crippen LogP contribution in [-0.4, -0.2) is 66.7 Å². The van der Waals surface area contributed by atoms with E-state index in [2.05, 4.69) is 15.1 Å². The summed E-state index contributed by atoms with van der Waals surface area (Å²) in [5.41, 5.74) is 0.852. The number of aromatic nitrogens is 2. The Morgan fingerprint density at radius 2 is 1.79 bits per heavy atom. The van der Waals surface area contributed by atoms with Crippen LogP contribution in [0.5, 0.6) is 5.88 Å². The lowest BCUT2D eigenvalue weighted by Gasteiger charge is -2.36. The van der Waals surface area contributed by atoms with Gasteiger partial charge in [0.15, 0.2) is 5.82 Å². The smallest absolute Gasteiger partial charge is 0.233 e. The van der Waals surface area contributed by atoms with E-state index in [4.69, 9.17) is 4.74 Å². The minimum Gasteiger partial charge on any atom is -0.480 e. The van der Waals surface area contributed by atoms with Crippen molar-refractivity contribution >= 4 is 23.3 Å². The number of anilines is 2. The third kappa shape index (κ3) is 3.62. The molecule has 2 aliphatic heterocycles. The predicted octanol–water partition coefficient (Wildman–Crippen LogP) is 1.19. The van der Waals surface area contributed by atoms with Crippen molar-refractivity contribution in [3.63, 3.8) is 0 Å². The van der Waals surface area contributed by atoms with E-state index in [0.29, 0.717) is 38.6 Å². The van der Waals surface area contributed by atoms with Gasteiger partial charge >= 0.3 is 0 Å². The number of carbonyl (C=O) groups is 2. The van der Waals surface area contributed by atoms with E-state index in [9.17, 15) is 9.59 Å². The Labute approximate surface area is 163 Å². The number of para-hydroxylation sites is 1. The molecule has 1 atom stereocenters. The van der Waals surface area contributed by atoms with E-state index in [1.807, 2.05) is 41.3 Å². The van der Waals surface area contributed by atoms with Crippen molar-refractivity contribution in [3.8, 4) is 5.88 Å². The van der Waals surface area contributed by atoms with E-state index in [-0.39, 0.29) is 24.2 Å². The fourth-order valence-corrected chi connectivity index (χ4v) is 3.74. The Morgan fingerprint density at radius 1 is 1.04 bits per heavy atom. The maximum atomic E-state index is 12.9. The van der Waals surface area contributed by atoms with Gasteiger partial charge in [-0.3, -0.25) is 9.59 Å². The molecule has 3 heterocycles. The van der Waals surface area contributed by atoms with E-state index in [1.54, 1.807) is 18.1 Å². The first-order valence-electron chi connectivity index (χ1n) is 9.42. The zero-order valence-corrected chi connectivity index (χ0v) is 15.8. The summed E-state index contributed by atoms with van der Waals surface area (Å²) in [7, 11) is 1.56. The maximum Gasteiger partial charge on any atom is 0.233 e. The van der Waals surface area contributed by atoms with Gasteiger partial charge in [-0.25, -0.2) is 0 Å². The van der Waals surface area contributed by atoms with Gasteiger partial charge in [0.2, 0.25) is 17.7 Å². The van der Waals surface area contributed by atoms with E-state index in [0.717, 1.165) is 11.5 Å². The van der Waals surface area contributed by atoms with Crippen molar-refractivity contribution in [3.05, 3.63) is 42.5 Å². The number of amides is 2. The van der Waals surface area contributed by atoms with Crippen LogP contribution in [0.4, 0.5) is 11.5 Å². The molecule has 8 nitrogen and oxygen atoms in total. The van der Waals surface area contributed by atoms with Gasteiger partial charge in [0, 0.05) is 50.9 Å². The first kappa shape index (κ1) is 18.2. The Morgan fingerprint density at radius 3 is 2.43 bits per heavy atom. The first-order chi connectivity index (χ1) is 13.7. The van der Waals surface area contributed by atoms with Crippen molar-refractivity contribution in [1.82, 2.24) is 15.1 Å². The van der Waals surface area contributed by atoms with Crippen molar-refractivity contribution in [2.45, 2.75) is 6.42 Å². The van der Waals surface area contributed by atoms with E-state index in [1.165, 1.54) is 0 Å². The summed E-state index contributed by atoms with van der Waals surface area (Å²) >= 11 is 0. The van der Waals surface area contributed by atoms with Crippen molar-refractivity contribution in [2.24, 2.45) is 5.92 Å². The van der Waals surface area contributed by atoms with Gasteiger partial charge in [-0.05, 0) is 18.2 Å². The molecule has 1 unspecified atom stereocenters. The summed E-state index contributed by atoms with van der Waals surface area (Å²) < 4.78 is 5.03. The normalized spacial score (nSPS) is 19.8. The number of hydrogen-bond donors (Lipinski definition) is 0. The van der Waals surface area contributed by atoms with Gasteiger partial charge in [0.25, 0.3) is 0 Å². The number of carbonyl (C=O) groups excluding carboxylic acids is 2. The fourth-order valence-electron chi connectivity index (χ4n) is 3.74. The van der Waals surface area contributed by atoms with Crippen LogP contribution in [0, 0.1) is 5.92 Å². The highest BCUT2D eigenvalue weighted by molar-refractivity contribution is 6.00. The third-order valence-electron chi connectivity index (χ3n) is 5.29. The lowest BCUT2D eigenvalue weighted by atomic mass is 10.1. The Hall–Kier alpha value is -3.16. The second-order valence-corrected chi connectivity index (χ2v) is 6.99. The average molecular weight is 381 g/mol. The van der Waals surface area contributed by atoms with Crippen LogP contribution < -0.4 is 14.5 Å². The summed E-state index contributed by atoms with van der Waals surface area (Å²) in [5.74, 6) is 1.05. The summed E-state index contributed by atoms with van der Waals surface area (Å²) in [6.45, 7) is 3.06. The molecule has 2 amide bonds. The van der Waals surface area contributed by atoms with E-state index < -0.39 is 0 Å². The zero-order valence-electron chi connectivity index (χ0n) is 15.8. The van der Waals surface area contributed by atoms with Crippen LogP contribution in [0.2, 0.25) is 0 Å². The maximum absolute atomic E-state index is 12.9. The molecule has 0 N–H and O–H groups in total. The van der Waals surface area contributed by atoms with Gasteiger partial charge in [0.1, 0.15) is 0 Å². The van der Waals surface area contributed by atoms with Crippen molar-refractivity contribution < 1.29 is 14.3 Å². The second-order valence-electron chi connectivity index (χ2n) is 6.99. The van der Waals surface area contributed by atoms with Crippen molar-refractivity contribution in [1.29, 1.82) is 0 Å². The van der Waals surface area contributed by atoms with Gasteiger partial charge in [0.05, 0.1) is 13.0 Å². The SMILES string of the molecule is COc1ccc(N2CCN(C(=O)C3CC(=O)N(c4ccccc4)C3)CC2)nn1. The highest BCUT2D eigenvalue weighted by Gasteiger charge is 2.37. The molecule has 146 valence electrons. The molecule has 0 saturated carbocycles. The van der Waals surface area contributed by atoms with Crippen LogP contribution in [0.3, 0.4) is 0 Å². The summed E-state index contributed by atoms with van der Waals surface area (Å²) in [4.78, 5) is 31.0. The van der Waals surface area contributed by atoms with Gasteiger partial charge in [-0.1, -0.05) is 18.2 Å². The average Bonchev–Trinajstić information content (AvgIpc) is 3.15. The topological polar surface area (TPSA) is 78.9 Å². The molecular formula is C20H23N5O3. The number of ether oxygens (including phenoxy) is 1. The summed E-state index contributed by atoms with van der Waals surface area (Å²) in [6.07, 6.45) is 0.276. The van der Waals surface area contributed by atoms with Crippen molar-refractivity contribution in [2.75, 3.05) is 49.6 Å². The first-order valence-corrected chi connectivity index (χ1v) is 9.42. The number of rotatable bonds is 4. The fraction of sp³-hybridized carbons (Fsp3) is 0.400. The van der Waals surface area contributed by atoms with E-state index >= 15 is 0 Å². The number of hydrogen-bond acceptors (Lipinski definition) is 6. The highest BCUT2D eigenvalue weighted by atomic mass is 16.5. The van der Waals surface area contributed by atoms with Crippen LogP contribution in [0.15, 0.2) is 42.5 Å². The molecule has 8 heteroatoms. The second kappa shape index (κ2) is 7.84. The van der Waals surface area contributed by atoms with Gasteiger partial charge in [-0.2, -0.15) is 0 Å². The molecule has 1 aromatic heterocycles. The Bertz CT molecular complexity index is 835.